The Hall–Kier alpha value is -1.65. The zero-order chi connectivity index (χ0) is 11.4. The minimum Gasteiger partial charge on any atom is -0.370 e. The van der Waals surface area contributed by atoms with Gasteiger partial charge in [0, 0.05) is 18.3 Å². The van der Waals surface area contributed by atoms with Crippen LogP contribution in [0, 0.1) is 23.0 Å². The molecule has 5 heteroatoms. The Bertz CT molecular complexity index is 364. The average Bonchev–Trinajstić information content (AvgIpc) is 2.16. The van der Waals surface area contributed by atoms with E-state index in [4.69, 9.17) is 0 Å². The minimum absolute atomic E-state index is 0.108. The Kier molecular flexibility index (Phi) is 3.60. The maximum absolute atomic E-state index is 10.7. The molecule has 0 bridgehead atoms. The Labute approximate surface area is 88.7 Å². The molecule has 0 amide bonds. The summed E-state index contributed by atoms with van der Waals surface area (Å²) in [5, 5.41) is 13.7. The molecule has 0 fully saturated rings. The van der Waals surface area contributed by atoms with E-state index in [0.717, 1.165) is 6.54 Å². The smallest absolute Gasteiger partial charge is 0.277 e. The number of hydrogen-bond donors (Lipinski definition) is 1. The molecule has 1 aromatic rings. The standard InChI is InChI=1S/C10H15N3O2/c1-7(2)5-11-10-4-9(13(14)15)8(3)6-12-10/h4,6-7H,5H2,1-3H3,(H,11,12). The second-order valence-corrected chi connectivity index (χ2v) is 3.89. The highest BCUT2D eigenvalue weighted by atomic mass is 16.6. The van der Waals surface area contributed by atoms with Crippen LogP contribution < -0.4 is 5.32 Å². The number of nitrogens with zero attached hydrogens (tertiary/aromatic N) is 2. The monoisotopic (exact) mass is 209 g/mol. The number of anilines is 1. The van der Waals surface area contributed by atoms with E-state index in [9.17, 15) is 10.1 Å². The molecule has 82 valence electrons. The Morgan fingerprint density at radius 3 is 2.80 bits per heavy atom. The fourth-order valence-corrected chi connectivity index (χ4v) is 1.12. The highest BCUT2D eigenvalue weighted by molar-refractivity contribution is 5.48. The predicted molar refractivity (Wildman–Crippen MR) is 59.0 cm³/mol. The predicted octanol–water partition coefficient (Wildman–Crippen LogP) is 2.37. The van der Waals surface area contributed by atoms with Crippen molar-refractivity contribution in [3.05, 3.63) is 27.9 Å². The van der Waals surface area contributed by atoms with Gasteiger partial charge in [0.25, 0.3) is 5.69 Å². The lowest BCUT2D eigenvalue weighted by atomic mass is 10.2. The van der Waals surface area contributed by atoms with Crippen LogP contribution in [0.5, 0.6) is 0 Å². The van der Waals surface area contributed by atoms with Gasteiger partial charge in [-0.25, -0.2) is 4.98 Å². The van der Waals surface area contributed by atoms with E-state index < -0.39 is 4.92 Å². The number of pyridine rings is 1. The Morgan fingerprint density at radius 2 is 2.27 bits per heavy atom. The van der Waals surface area contributed by atoms with Gasteiger partial charge < -0.3 is 5.32 Å². The largest absolute Gasteiger partial charge is 0.370 e. The number of nitro groups is 1. The molecule has 15 heavy (non-hydrogen) atoms. The molecule has 0 spiro atoms. The first-order valence-electron chi connectivity index (χ1n) is 4.85. The fraction of sp³-hybridized carbons (Fsp3) is 0.500. The maximum Gasteiger partial charge on any atom is 0.277 e. The number of aromatic nitrogens is 1. The highest BCUT2D eigenvalue weighted by Gasteiger charge is 2.11. The lowest BCUT2D eigenvalue weighted by molar-refractivity contribution is -0.385. The van der Waals surface area contributed by atoms with Crippen LogP contribution in [0.1, 0.15) is 19.4 Å². The molecular weight excluding hydrogens is 194 g/mol. The van der Waals surface area contributed by atoms with Gasteiger partial charge in [0.2, 0.25) is 0 Å². The van der Waals surface area contributed by atoms with Gasteiger partial charge in [-0.15, -0.1) is 0 Å². The van der Waals surface area contributed by atoms with Gasteiger partial charge in [-0.3, -0.25) is 10.1 Å². The summed E-state index contributed by atoms with van der Waals surface area (Å²) in [5.41, 5.74) is 0.686. The Morgan fingerprint density at radius 1 is 1.60 bits per heavy atom. The molecule has 1 aromatic heterocycles. The van der Waals surface area contributed by atoms with E-state index in [1.165, 1.54) is 12.3 Å². The van der Waals surface area contributed by atoms with Crippen LogP contribution >= 0.6 is 0 Å². The Balaban J connectivity index is 2.83. The van der Waals surface area contributed by atoms with Crippen molar-refractivity contribution in [2.75, 3.05) is 11.9 Å². The van der Waals surface area contributed by atoms with E-state index in [2.05, 4.69) is 24.1 Å². The van der Waals surface area contributed by atoms with E-state index in [-0.39, 0.29) is 5.69 Å². The first-order chi connectivity index (χ1) is 7.00. The number of rotatable bonds is 4. The molecule has 0 radical (unpaired) electrons. The van der Waals surface area contributed by atoms with Crippen molar-refractivity contribution in [2.45, 2.75) is 20.8 Å². The summed E-state index contributed by atoms with van der Waals surface area (Å²) >= 11 is 0. The van der Waals surface area contributed by atoms with Crippen molar-refractivity contribution >= 4 is 11.5 Å². The number of hydrogen-bond acceptors (Lipinski definition) is 4. The van der Waals surface area contributed by atoms with Crippen LogP contribution in [-0.4, -0.2) is 16.5 Å². The number of nitrogens with one attached hydrogen (secondary N) is 1. The minimum atomic E-state index is -0.391. The summed E-state index contributed by atoms with van der Waals surface area (Å²) in [4.78, 5) is 14.3. The van der Waals surface area contributed by atoms with Crippen LogP contribution in [-0.2, 0) is 0 Å². The van der Waals surface area contributed by atoms with Crippen molar-refractivity contribution in [3.8, 4) is 0 Å². The average molecular weight is 209 g/mol. The van der Waals surface area contributed by atoms with Gasteiger partial charge in [-0.2, -0.15) is 0 Å². The molecular formula is C10H15N3O2. The maximum atomic E-state index is 10.7. The number of aryl methyl sites for hydroxylation is 1. The second kappa shape index (κ2) is 4.72. The van der Waals surface area contributed by atoms with Crippen LogP contribution in [0.2, 0.25) is 0 Å². The van der Waals surface area contributed by atoms with Crippen LogP contribution in [0.3, 0.4) is 0 Å². The van der Waals surface area contributed by atoms with E-state index in [0.29, 0.717) is 17.3 Å². The molecule has 0 aliphatic carbocycles. The molecule has 1 heterocycles. The first kappa shape index (κ1) is 11.4. The quantitative estimate of drug-likeness (QED) is 0.610. The third kappa shape index (κ3) is 3.19. The summed E-state index contributed by atoms with van der Waals surface area (Å²) in [6, 6.07) is 1.47. The van der Waals surface area contributed by atoms with Crippen molar-refractivity contribution < 1.29 is 4.92 Å². The summed E-state index contributed by atoms with van der Waals surface area (Å²) in [6.45, 7) is 6.57. The third-order valence-electron chi connectivity index (χ3n) is 1.96. The van der Waals surface area contributed by atoms with E-state index in [1.54, 1.807) is 6.92 Å². The summed E-state index contributed by atoms with van der Waals surface area (Å²) in [5.74, 6) is 1.04. The zero-order valence-corrected chi connectivity index (χ0v) is 9.15. The van der Waals surface area contributed by atoms with Crippen molar-refractivity contribution in [2.24, 2.45) is 5.92 Å². The van der Waals surface area contributed by atoms with Gasteiger partial charge in [0.15, 0.2) is 0 Å². The van der Waals surface area contributed by atoms with Gasteiger partial charge >= 0.3 is 0 Å². The van der Waals surface area contributed by atoms with Crippen molar-refractivity contribution in [1.82, 2.24) is 4.98 Å². The van der Waals surface area contributed by atoms with Gasteiger partial charge in [-0.05, 0) is 12.8 Å². The summed E-state index contributed by atoms with van der Waals surface area (Å²) < 4.78 is 0. The molecule has 0 saturated heterocycles. The van der Waals surface area contributed by atoms with Crippen LogP contribution in [0.15, 0.2) is 12.3 Å². The van der Waals surface area contributed by atoms with Crippen molar-refractivity contribution in [3.63, 3.8) is 0 Å². The molecule has 0 aliphatic heterocycles. The first-order valence-corrected chi connectivity index (χ1v) is 4.85. The normalized spacial score (nSPS) is 10.4. The van der Waals surface area contributed by atoms with Gasteiger partial charge in [0.05, 0.1) is 11.0 Å². The van der Waals surface area contributed by atoms with Gasteiger partial charge in [0.1, 0.15) is 5.82 Å². The van der Waals surface area contributed by atoms with Crippen LogP contribution in [0.25, 0.3) is 0 Å². The lowest BCUT2D eigenvalue weighted by Crippen LogP contribution is -2.09. The molecule has 0 aromatic carbocycles. The van der Waals surface area contributed by atoms with E-state index >= 15 is 0 Å². The van der Waals surface area contributed by atoms with Gasteiger partial charge in [-0.1, -0.05) is 13.8 Å². The van der Waals surface area contributed by atoms with E-state index in [1.807, 2.05) is 0 Å². The highest BCUT2D eigenvalue weighted by Crippen LogP contribution is 2.19. The molecule has 0 unspecified atom stereocenters. The molecule has 1 N–H and O–H groups in total. The summed E-state index contributed by atoms with van der Waals surface area (Å²) in [7, 11) is 0. The second-order valence-electron chi connectivity index (χ2n) is 3.89. The zero-order valence-electron chi connectivity index (χ0n) is 9.15. The lowest BCUT2D eigenvalue weighted by Gasteiger charge is -2.08. The van der Waals surface area contributed by atoms with Crippen molar-refractivity contribution in [1.29, 1.82) is 0 Å². The fourth-order valence-electron chi connectivity index (χ4n) is 1.12. The van der Waals surface area contributed by atoms with Crippen LogP contribution in [0.4, 0.5) is 11.5 Å². The topological polar surface area (TPSA) is 68.1 Å². The molecule has 0 atom stereocenters. The molecule has 0 aliphatic rings. The summed E-state index contributed by atoms with van der Waals surface area (Å²) in [6.07, 6.45) is 1.51. The molecule has 1 rings (SSSR count). The SMILES string of the molecule is Cc1cnc(NCC(C)C)cc1[N+](=O)[O-]. The third-order valence-corrected chi connectivity index (χ3v) is 1.96. The molecule has 5 nitrogen and oxygen atoms in total. The molecule has 0 saturated carbocycles.